The van der Waals surface area contributed by atoms with Crippen LogP contribution in [0.2, 0.25) is 0 Å². The van der Waals surface area contributed by atoms with E-state index in [2.05, 4.69) is 57.5 Å². The predicted molar refractivity (Wildman–Crippen MR) is 303 cm³/mol. The number of carboxylic acids is 1. The minimum absolute atomic E-state index is 0.108. The first-order valence-corrected chi connectivity index (χ1v) is 25.3. The molecule has 25 heteroatoms. The lowest BCUT2D eigenvalue weighted by molar-refractivity contribution is -0.137. The van der Waals surface area contributed by atoms with Crippen LogP contribution in [0, 0.1) is 0 Å². The number of aryl methyl sites for hydroxylation is 2. The zero-order valence-electron chi connectivity index (χ0n) is 43.8. The van der Waals surface area contributed by atoms with Crippen LogP contribution in [0.1, 0.15) is 51.7 Å². The molecule has 0 spiro atoms. The molecule has 1 fully saturated rings. The van der Waals surface area contributed by atoms with Crippen molar-refractivity contribution in [2.45, 2.75) is 64.8 Å². The molecule has 5 heterocycles. The van der Waals surface area contributed by atoms with E-state index in [9.17, 15) is 39.0 Å². The van der Waals surface area contributed by atoms with Gasteiger partial charge in [-0.2, -0.15) is 0 Å². The highest BCUT2D eigenvalue weighted by Crippen LogP contribution is 2.23. The van der Waals surface area contributed by atoms with Gasteiger partial charge in [-0.25, -0.2) is 19.6 Å². The van der Waals surface area contributed by atoms with Gasteiger partial charge in [0.1, 0.15) is 13.1 Å². The number of anilines is 3. The summed E-state index contributed by atoms with van der Waals surface area (Å²) in [6.07, 6.45) is 5.07. The van der Waals surface area contributed by atoms with Crippen LogP contribution in [0.15, 0.2) is 148 Å². The summed E-state index contributed by atoms with van der Waals surface area (Å²) in [5.41, 5.74) is 12.4. The van der Waals surface area contributed by atoms with Gasteiger partial charge in [0.25, 0.3) is 11.1 Å². The van der Waals surface area contributed by atoms with E-state index < -0.39 is 39.7 Å². The first kappa shape index (κ1) is 59.9. The van der Waals surface area contributed by atoms with Crippen molar-refractivity contribution in [3.05, 3.63) is 171 Å². The van der Waals surface area contributed by atoms with Crippen molar-refractivity contribution in [3.8, 4) is 0 Å². The molecule has 8 N–H and O–H groups in total. The molecule has 0 bridgehead atoms. The summed E-state index contributed by atoms with van der Waals surface area (Å²) in [7, 11) is 5.71. The summed E-state index contributed by atoms with van der Waals surface area (Å²) in [6.45, 7) is 8.44. The van der Waals surface area contributed by atoms with Crippen molar-refractivity contribution < 1.29 is 24.9 Å². The number of nitrogens with zero attached hydrogens (tertiary/aromatic N) is 11. The fourth-order valence-electron chi connectivity index (χ4n) is 7.26. The Morgan fingerprint density at radius 3 is 1.40 bits per heavy atom. The van der Waals surface area contributed by atoms with Crippen molar-refractivity contribution in [1.82, 2.24) is 42.4 Å². The number of aliphatic carboxylic acids is 1. The molecule has 0 atom stereocenters. The number of carboxylic acid groups (broad SMARTS) is 1. The molecule has 0 aliphatic carbocycles. The quantitative estimate of drug-likeness (QED) is 0.0726. The molecule has 9 rings (SSSR count). The number of carbonyl (C=O) groups is 2. The largest absolute Gasteiger partial charge is 0.480 e. The third-order valence-corrected chi connectivity index (χ3v) is 12.7. The zero-order chi connectivity index (χ0) is 56.9. The number of imidazole rings is 2. The highest BCUT2D eigenvalue weighted by Gasteiger charge is 2.19. The number of aromatic nitrogens is 8. The lowest BCUT2D eigenvalue weighted by atomic mass is 9.98. The van der Waals surface area contributed by atoms with Gasteiger partial charge in [-0.05, 0) is 124 Å². The summed E-state index contributed by atoms with van der Waals surface area (Å²) in [6, 6.07) is 29.4. The third-order valence-electron chi connectivity index (χ3n) is 11.6. The summed E-state index contributed by atoms with van der Waals surface area (Å²) < 4.78 is 9.12. The van der Waals surface area contributed by atoms with Crippen molar-refractivity contribution in [2.75, 3.05) is 29.9 Å². The predicted octanol–water partition coefficient (Wildman–Crippen LogP) is 5.89. The Hall–Kier alpha value is -8.00. The second kappa shape index (κ2) is 26.2. The molecule has 0 unspecified atom stereocenters. The van der Waals surface area contributed by atoms with E-state index in [1.807, 2.05) is 65.7 Å². The lowest BCUT2D eigenvalue weighted by Gasteiger charge is -2.18. The van der Waals surface area contributed by atoms with E-state index in [1.54, 1.807) is 64.1 Å². The van der Waals surface area contributed by atoms with Crippen LogP contribution in [-0.4, -0.2) is 82.7 Å². The number of carbonyl (C=O) groups excluding carboxylic acids is 1. The van der Waals surface area contributed by atoms with E-state index in [-0.39, 0.29) is 41.3 Å². The number of nitrogens with one attached hydrogen (secondary N) is 1. The maximum Gasteiger partial charge on any atom is 0.332 e. The number of amides is 1. The molecule has 1 aliphatic rings. The molecule has 23 nitrogen and oxygen atoms in total. The SMILES string of the molecule is Brc1ccc(N=NN2CCCC2)cc1.CC(C)(O)c1ccc(N)cc1.Cn1c(=O)c2c(ncn2CC(=O)Nc2ccc(C(C)(C)O)cc2)n(C)c1=O.Cn1c(=O)c2c(ncn2CC(=O)O)n(C)c1=O.Nc1ccc(Br)cc1. The second-order valence-electron chi connectivity index (χ2n) is 18.6. The van der Waals surface area contributed by atoms with E-state index >= 15 is 0 Å². The number of fused-ring (bicyclic) bond motifs is 2. The van der Waals surface area contributed by atoms with Crippen LogP contribution < -0.4 is 39.3 Å². The van der Waals surface area contributed by atoms with Gasteiger partial charge in [-0.3, -0.25) is 42.5 Å². The smallest absolute Gasteiger partial charge is 0.332 e. The number of aliphatic hydroxyl groups is 2. The summed E-state index contributed by atoms with van der Waals surface area (Å²) in [4.78, 5) is 78.8. The lowest BCUT2D eigenvalue weighted by Crippen LogP contribution is -2.37. The van der Waals surface area contributed by atoms with Gasteiger partial charge >= 0.3 is 17.3 Å². The third kappa shape index (κ3) is 16.5. The molecule has 77 heavy (non-hydrogen) atoms. The normalized spacial score (nSPS) is 12.2. The van der Waals surface area contributed by atoms with E-state index in [0.29, 0.717) is 5.69 Å². The Morgan fingerprint density at radius 1 is 0.610 bits per heavy atom. The topological polar surface area (TPSA) is 310 Å². The van der Waals surface area contributed by atoms with Crippen LogP contribution in [-0.2, 0) is 62.1 Å². The molecule has 408 valence electrons. The number of nitrogens with two attached hydrogens (primary N) is 2. The maximum atomic E-state index is 12.4. The number of nitrogen functional groups attached to an aromatic ring is 2. The Kier molecular flexibility index (Phi) is 20.3. The number of rotatable bonds is 9. The minimum atomic E-state index is -1.08. The van der Waals surface area contributed by atoms with Crippen LogP contribution in [0.4, 0.5) is 22.7 Å². The Morgan fingerprint density at radius 2 is 1.00 bits per heavy atom. The Labute approximate surface area is 458 Å². The fourth-order valence-corrected chi connectivity index (χ4v) is 7.79. The molecule has 0 radical (unpaired) electrons. The van der Waals surface area contributed by atoms with Crippen LogP contribution >= 0.6 is 31.9 Å². The van der Waals surface area contributed by atoms with E-state index in [1.165, 1.54) is 72.0 Å². The average molecular weight is 1190 g/mol. The number of hydrogen-bond donors (Lipinski definition) is 6. The molecule has 0 saturated carbocycles. The maximum absolute atomic E-state index is 12.4. The second-order valence-corrected chi connectivity index (χ2v) is 20.5. The Bertz CT molecular complexity index is 3560. The van der Waals surface area contributed by atoms with Gasteiger partial charge in [0.15, 0.2) is 22.3 Å². The zero-order valence-corrected chi connectivity index (χ0v) is 46.9. The van der Waals surface area contributed by atoms with Crippen LogP contribution in [0.3, 0.4) is 0 Å². The van der Waals surface area contributed by atoms with Gasteiger partial charge in [0.2, 0.25) is 5.91 Å². The first-order valence-electron chi connectivity index (χ1n) is 23.7. The molecule has 1 saturated heterocycles. The van der Waals surface area contributed by atoms with Crippen molar-refractivity contribution >= 4 is 88.8 Å². The average Bonchev–Trinajstić information content (AvgIpc) is 4.17. The number of benzene rings is 4. The molecule has 4 aromatic heterocycles. The number of hydrogen-bond acceptors (Lipinski definition) is 14. The molecular weight excluding hydrogens is 1120 g/mol. The molecule has 4 aromatic carbocycles. The standard InChI is InChI=1S/C18H21N5O4.C10H12BrN3.C9H10N4O4.C9H13NO.C6H6BrN/c1-18(2,27)11-5-7-12(8-6-11)20-13(24)9-23-10-19-15-14(23)16(25)22(4)17(26)21(15)3;11-9-3-5-10(6-4-9)12-13-14-7-1-2-8-14;1-11-7-6(8(16)12(2)9(11)17)13(4-10-7)3-5(14)15;1-9(2,11)7-3-5-8(10)6-4-7;7-5-1-3-6(8)4-2-5/h5-8,10,27H,9H2,1-4H3,(H,20,24);3-6H,1-2,7-8H2;4H,3H2,1-2H3,(H,14,15);3-6,11H,10H2,1-2H3;1-4H,8H2. The number of halogens is 2. The van der Waals surface area contributed by atoms with Gasteiger partial charge in [-0.15, -0.1) is 5.11 Å². The Balaban J connectivity index is 0.000000189. The minimum Gasteiger partial charge on any atom is -0.480 e. The molecule has 8 aromatic rings. The molecule has 1 aliphatic heterocycles. The van der Waals surface area contributed by atoms with Gasteiger partial charge in [-0.1, -0.05) is 61.3 Å². The molecular formula is C52H62Br2N14O9. The van der Waals surface area contributed by atoms with Gasteiger partial charge in [0.05, 0.1) is 29.5 Å². The van der Waals surface area contributed by atoms with Crippen LogP contribution in [0.25, 0.3) is 22.3 Å². The van der Waals surface area contributed by atoms with E-state index in [0.717, 1.165) is 59.4 Å². The monoisotopic (exact) mass is 1180 g/mol. The van der Waals surface area contributed by atoms with Crippen molar-refractivity contribution in [3.63, 3.8) is 0 Å². The van der Waals surface area contributed by atoms with Gasteiger partial charge < -0.3 is 41.2 Å². The van der Waals surface area contributed by atoms with Crippen molar-refractivity contribution in [1.29, 1.82) is 0 Å². The van der Waals surface area contributed by atoms with Crippen molar-refractivity contribution in [2.24, 2.45) is 38.5 Å². The highest BCUT2D eigenvalue weighted by molar-refractivity contribution is 9.10. The summed E-state index contributed by atoms with van der Waals surface area (Å²) in [5.74, 6) is -1.43. The summed E-state index contributed by atoms with van der Waals surface area (Å²) in [5, 5.41) is 41.3. The van der Waals surface area contributed by atoms with Gasteiger partial charge in [0, 0.05) is 67.3 Å². The summed E-state index contributed by atoms with van der Waals surface area (Å²) >= 11 is 6.67. The van der Waals surface area contributed by atoms with Crippen LogP contribution in [0.5, 0.6) is 0 Å². The fraction of sp³-hybridized carbons (Fsp3) is 0.308. The first-order chi connectivity index (χ1) is 36.2. The highest BCUT2D eigenvalue weighted by atomic mass is 79.9. The van der Waals surface area contributed by atoms with E-state index in [4.69, 9.17) is 16.6 Å². The molecule has 1 amide bonds.